The number of esters is 1. The summed E-state index contributed by atoms with van der Waals surface area (Å²) in [5.74, 6) is 0.651. The molecule has 0 saturated carbocycles. The summed E-state index contributed by atoms with van der Waals surface area (Å²) in [5, 5.41) is 11.5. The van der Waals surface area contributed by atoms with Crippen LogP contribution in [0.3, 0.4) is 0 Å². The smallest absolute Gasteiger partial charge is 0.344 e. The Morgan fingerprint density at radius 3 is 2.73 bits per heavy atom. The standard InChI is InChI=1S/C21H21BrN4O3S/c1-13(2)29-19(27)12-28-18-9-8-17(22)10-16(18)11-23-26-20(24-25-21(26)30)15-6-4-14(3)5-7-15/h4-11,13H,12H2,1-3H3,(H,25,30)/b23-11-. The number of H-pyrrole nitrogens is 1. The van der Waals surface area contributed by atoms with E-state index in [0.29, 0.717) is 21.9 Å². The van der Waals surface area contributed by atoms with Crippen LogP contribution in [0.25, 0.3) is 11.4 Å². The maximum atomic E-state index is 11.8. The van der Waals surface area contributed by atoms with Gasteiger partial charge in [0, 0.05) is 15.6 Å². The van der Waals surface area contributed by atoms with Crippen LogP contribution in [-0.4, -0.2) is 39.8 Å². The molecule has 1 heterocycles. The summed E-state index contributed by atoms with van der Waals surface area (Å²) in [4.78, 5) is 11.8. The summed E-state index contributed by atoms with van der Waals surface area (Å²) < 4.78 is 13.5. The number of rotatable bonds is 7. The Morgan fingerprint density at radius 1 is 1.30 bits per heavy atom. The van der Waals surface area contributed by atoms with Gasteiger partial charge in [0.25, 0.3) is 0 Å². The minimum atomic E-state index is -0.436. The number of carbonyl (C=O) groups is 1. The number of carbonyl (C=O) groups excluding carboxylic acids is 1. The molecule has 156 valence electrons. The topological polar surface area (TPSA) is 81.5 Å². The molecule has 1 aromatic heterocycles. The SMILES string of the molecule is Cc1ccc(-c2n[nH]c(=S)n2/N=C\c2cc(Br)ccc2OCC(=O)OC(C)C)cc1. The molecule has 0 saturated heterocycles. The molecule has 3 rings (SSSR count). The van der Waals surface area contributed by atoms with Crippen LogP contribution in [0.4, 0.5) is 0 Å². The van der Waals surface area contributed by atoms with Crippen molar-refractivity contribution in [1.82, 2.24) is 14.9 Å². The Bertz CT molecular complexity index is 1120. The van der Waals surface area contributed by atoms with Crippen LogP contribution in [0.2, 0.25) is 0 Å². The van der Waals surface area contributed by atoms with Gasteiger partial charge in [0.2, 0.25) is 4.77 Å². The molecule has 0 aliphatic carbocycles. The van der Waals surface area contributed by atoms with E-state index in [2.05, 4.69) is 31.2 Å². The van der Waals surface area contributed by atoms with Gasteiger partial charge in [-0.25, -0.2) is 9.89 Å². The second-order valence-corrected chi connectivity index (χ2v) is 8.09. The highest BCUT2D eigenvalue weighted by atomic mass is 79.9. The molecular formula is C21H21BrN4O3S. The molecule has 0 atom stereocenters. The van der Waals surface area contributed by atoms with E-state index in [9.17, 15) is 4.79 Å². The van der Waals surface area contributed by atoms with Crippen LogP contribution in [-0.2, 0) is 9.53 Å². The Morgan fingerprint density at radius 2 is 2.03 bits per heavy atom. The van der Waals surface area contributed by atoms with Crippen molar-refractivity contribution < 1.29 is 14.3 Å². The highest BCUT2D eigenvalue weighted by Gasteiger charge is 2.11. The van der Waals surface area contributed by atoms with Gasteiger partial charge >= 0.3 is 5.97 Å². The molecule has 7 nitrogen and oxygen atoms in total. The van der Waals surface area contributed by atoms with Crippen molar-refractivity contribution in [3.05, 3.63) is 62.8 Å². The molecule has 0 amide bonds. The largest absolute Gasteiger partial charge is 0.481 e. The molecule has 3 aromatic rings. The van der Waals surface area contributed by atoms with Gasteiger partial charge in [-0.05, 0) is 51.2 Å². The third kappa shape index (κ3) is 5.64. The first-order valence-electron chi connectivity index (χ1n) is 9.24. The van der Waals surface area contributed by atoms with Crippen LogP contribution < -0.4 is 4.74 Å². The maximum absolute atomic E-state index is 11.8. The van der Waals surface area contributed by atoms with Gasteiger partial charge in [0.05, 0.1) is 12.3 Å². The van der Waals surface area contributed by atoms with E-state index in [4.69, 9.17) is 21.7 Å². The first kappa shape index (κ1) is 21.9. The third-order valence-electron chi connectivity index (χ3n) is 3.96. The minimum absolute atomic E-state index is 0.194. The van der Waals surface area contributed by atoms with Crippen molar-refractivity contribution in [2.45, 2.75) is 26.9 Å². The minimum Gasteiger partial charge on any atom is -0.481 e. The van der Waals surface area contributed by atoms with Crippen molar-refractivity contribution >= 4 is 40.3 Å². The Labute approximate surface area is 187 Å². The van der Waals surface area contributed by atoms with Crippen molar-refractivity contribution in [1.29, 1.82) is 0 Å². The summed E-state index contributed by atoms with van der Waals surface area (Å²) in [6, 6.07) is 13.3. The lowest BCUT2D eigenvalue weighted by Gasteiger charge is -2.11. The highest BCUT2D eigenvalue weighted by Crippen LogP contribution is 2.23. The molecule has 0 aliphatic rings. The zero-order valence-electron chi connectivity index (χ0n) is 16.8. The van der Waals surface area contributed by atoms with E-state index >= 15 is 0 Å². The van der Waals surface area contributed by atoms with Crippen LogP contribution in [0.15, 0.2) is 52.0 Å². The number of benzene rings is 2. The van der Waals surface area contributed by atoms with Crippen molar-refractivity contribution in [3.63, 3.8) is 0 Å². The van der Waals surface area contributed by atoms with Gasteiger partial charge in [-0.2, -0.15) is 14.9 Å². The average molecular weight is 489 g/mol. The number of aryl methyl sites for hydroxylation is 1. The van der Waals surface area contributed by atoms with Crippen molar-refractivity contribution in [2.24, 2.45) is 5.10 Å². The van der Waals surface area contributed by atoms with Crippen molar-refractivity contribution in [3.8, 4) is 17.1 Å². The molecule has 2 aromatic carbocycles. The Balaban J connectivity index is 1.87. The zero-order valence-corrected chi connectivity index (χ0v) is 19.2. The molecule has 0 spiro atoms. The quantitative estimate of drug-likeness (QED) is 0.290. The van der Waals surface area contributed by atoms with E-state index in [1.54, 1.807) is 26.1 Å². The number of hydrogen-bond donors (Lipinski definition) is 1. The number of ether oxygens (including phenoxy) is 2. The lowest BCUT2D eigenvalue weighted by molar-refractivity contribution is -0.149. The van der Waals surface area contributed by atoms with Gasteiger partial charge in [0.15, 0.2) is 12.4 Å². The van der Waals surface area contributed by atoms with Crippen molar-refractivity contribution in [2.75, 3.05) is 6.61 Å². The van der Waals surface area contributed by atoms with Crippen LogP contribution in [0.5, 0.6) is 5.75 Å². The fraction of sp³-hybridized carbons (Fsp3) is 0.238. The average Bonchev–Trinajstić information content (AvgIpc) is 3.06. The predicted molar refractivity (Wildman–Crippen MR) is 121 cm³/mol. The van der Waals surface area contributed by atoms with Gasteiger partial charge in [-0.3, -0.25) is 0 Å². The fourth-order valence-electron chi connectivity index (χ4n) is 2.59. The van der Waals surface area contributed by atoms with E-state index in [-0.39, 0.29) is 12.7 Å². The van der Waals surface area contributed by atoms with Crippen LogP contribution in [0.1, 0.15) is 25.0 Å². The molecule has 0 radical (unpaired) electrons. The number of nitrogens with one attached hydrogen (secondary N) is 1. The Kier molecular flexibility index (Phi) is 7.17. The molecule has 0 unspecified atom stereocenters. The molecular weight excluding hydrogens is 468 g/mol. The van der Waals surface area contributed by atoms with E-state index in [1.807, 2.05) is 43.3 Å². The molecule has 9 heteroatoms. The molecule has 0 aliphatic heterocycles. The van der Waals surface area contributed by atoms with E-state index < -0.39 is 5.97 Å². The summed E-state index contributed by atoms with van der Waals surface area (Å²) in [6.07, 6.45) is 1.41. The first-order chi connectivity index (χ1) is 14.3. The Hall–Kier alpha value is -2.78. The van der Waals surface area contributed by atoms with E-state index in [1.165, 1.54) is 4.68 Å². The lowest BCUT2D eigenvalue weighted by Crippen LogP contribution is -2.19. The zero-order chi connectivity index (χ0) is 21.7. The molecule has 1 N–H and O–H groups in total. The predicted octanol–water partition coefficient (Wildman–Crippen LogP) is 4.89. The maximum Gasteiger partial charge on any atom is 0.344 e. The second kappa shape index (κ2) is 9.82. The number of hydrogen-bond acceptors (Lipinski definition) is 6. The number of halogens is 1. The molecule has 0 bridgehead atoms. The third-order valence-corrected chi connectivity index (χ3v) is 4.71. The normalized spacial score (nSPS) is 11.2. The lowest BCUT2D eigenvalue weighted by atomic mass is 10.1. The monoisotopic (exact) mass is 488 g/mol. The summed E-state index contributed by atoms with van der Waals surface area (Å²) in [7, 11) is 0. The fourth-order valence-corrected chi connectivity index (χ4v) is 3.15. The van der Waals surface area contributed by atoms with E-state index in [0.717, 1.165) is 15.6 Å². The summed E-state index contributed by atoms with van der Waals surface area (Å²) >= 11 is 8.77. The first-order valence-corrected chi connectivity index (χ1v) is 10.4. The van der Waals surface area contributed by atoms with Crippen LogP contribution >= 0.6 is 28.1 Å². The van der Waals surface area contributed by atoms with Gasteiger partial charge < -0.3 is 9.47 Å². The van der Waals surface area contributed by atoms with Crippen LogP contribution in [0, 0.1) is 11.7 Å². The number of aromatic nitrogens is 3. The van der Waals surface area contributed by atoms with Gasteiger partial charge in [-0.1, -0.05) is 45.8 Å². The van der Waals surface area contributed by atoms with Gasteiger partial charge in [-0.15, -0.1) is 0 Å². The summed E-state index contributed by atoms with van der Waals surface area (Å²) in [5.41, 5.74) is 2.70. The number of nitrogens with zero attached hydrogens (tertiary/aromatic N) is 3. The molecule has 30 heavy (non-hydrogen) atoms. The second-order valence-electron chi connectivity index (χ2n) is 6.78. The van der Waals surface area contributed by atoms with Gasteiger partial charge in [0.1, 0.15) is 5.75 Å². The highest BCUT2D eigenvalue weighted by molar-refractivity contribution is 9.10. The molecule has 0 fully saturated rings. The summed E-state index contributed by atoms with van der Waals surface area (Å²) in [6.45, 7) is 5.40. The number of aromatic amines is 1.